The largest absolute Gasteiger partial charge is 0.313 e. The summed E-state index contributed by atoms with van der Waals surface area (Å²) >= 11 is 1.87. The monoisotopic (exact) mass is 223 g/mol. The first-order valence-corrected chi connectivity index (χ1v) is 7.04. The molecule has 1 unspecified atom stereocenters. The molecule has 0 aliphatic heterocycles. The van der Waals surface area contributed by atoms with Gasteiger partial charge in [-0.3, -0.25) is 0 Å². The fraction of sp³-hybridized carbons (Fsp3) is 0.692. The standard InChI is InChI=1S/C13H21NS/c1-2-4-13(11-6-7-11)14-9-8-12-5-3-10-15-12/h3,5,10-11,13-14H,2,4,6-9H2,1H3. The van der Waals surface area contributed by atoms with Crippen molar-refractivity contribution in [2.45, 2.75) is 45.1 Å². The highest BCUT2D eigenvalue weighted by molar-refractivity contribution is 7.09. The van der Waals surface area contributed by atoms with Gasteiger partial charge in [-0.25, -0.2) is 0 Å². The Hall–Kier alpha value is -0.340. The minimum absolute atomic E-state index is 0.801. The minimum atomic E-state index is 0.801. The highest BCUT2D eigenvalue weighted by Crippen LogP contribution is 2.34. The van der Waals surface area contributed by atoms with E-state index in [0.29, 0.717) is 0 Å². The lowest BCUT2D eigenvalue weighted by Crippen LogP contribution is -2.32. The predicted molar refractivity (Wildman–Crippen MR) is 67.4 cm³/mol. The molecule has 1 aromatic heterocycles. The molecule has 0 spiro atoms. The van der Waals surface area contributed by atoms with Gasteiger partial charge in [0.25, 0.3) is 0 Å². The first-order valence-electron chi connectivity index (χ1n) is 6.16. The molecule has 0 amide bonds. The molecule has 1 N–H and O–H groups in total. The summed E-state index contributed by atoms with van der Waals surface area (Å²) in [7, 11) is 0. The maximum absolute atomic E-state index is 3.73. The first-order chi connectivity index (χ1) is 7.40. The average molecular weight is 223 g/mol. The summed E-state index contributed by atoms with van der Waals surface area (Å²) in [5.74, 6) is 0.994. The van der Waals surface area contributed by atoms with Gasteiger partial charge in [0, 0.05) is 17.5 Å². The normalized spacial score (nSPS) is 17.9. The van der Waals surface area contributed by atoms with Gasteiger partial charge in [0.1, 0.15) is 0 Å². The summed E-state index contributed by atoms with van der Waals surface area (Å²) in [6, 6.07) is 5.18. The van der Waals surface area contributed by atoms with Crippen molar-refractivity contribution in [2.24, 2.45) is 5.92 Å². The second-order valence-corrected chi connectivity index (χ2v) is 5.55. The van der Waals surface area contributed by atoms with Crippen LogP contribution in [0.1, 0.15) is 37.5 Å². The Kier molecular flexibility index (Phi) is 4.21. The number of hydrogen-bond acceptors (Lipinski definition) is 2. The first kappa shape index (κ1) is 11.2. The van der Waals surface area contributed by atoms with Gasteiger partial charge in [-0.1, -0.05) is 19.4 Å². The van der Waals surface area contributed by atoms with E-state index in [1.54, 1.807) is 0 Å². The third-order valence-electron chi connectivity index (χ3n) is 3.15. The van der Waals surface area contributed by atoms with Gasteiger partial charge in [0.05, 0.1) is 0 Å². The fourth-order valence-corrected chi connectivity index (χ4v) is 2.86. The lowest BCUT2D eigenvalue weighted by atomic mass is 10.1. The molecule has 0 bridgehead atoms. The molecule has 0 aromatic carbocycles. The number of rotatable bonds is 7. The van der Waals surface area contributed by atoms with Crippen molar-refractivity contribution in [1.82, 2.24) is 5.32 Å². The maximum Gasteiger partial charge on any atom is 0.00953 e. The maximum atomic E-state index is 3.73. The molecule has 1 heterocycles. The second kappa shape index (κ2) is 5.66. The van der Waals surface area contributed by atoms with E-state index in [2.05, 4.69) is 29.8 Å². The lowest BCUT2D eigenvalue weighted by Gasteiger charge is -2.16. The van der Waals surface area contributed by atoms with Crippen LogP contribution in [0.5, 0.6) is 0 Å². The van der Waals surface area contributed by atoms with Crippen LogP contribution in [-0.4, -0.2) is 12.6 Å². The topological polar surface area (TPSA) is 12.0 Å². The average Bonchev–Trinajstić information content (AvgIpc) is 2.96. The highest BCUT2D eigenvalue weighted by atomic mass is 32.1. The molecule has 2 rings (SSSR count). The molecule has 2 heteroatoms. The molecule has 0 radical (unpaired) electrons. The Bertz CT molecular complexity index is 264. The summed E-state index contributed by atoms with van der Waals surface area (Å²) < 4.78 is 0. The van der Waals surface area contributed by atoms with E-state index in [9.17, 15) is 0 Å². The van der Waals surface area contributed by atoms with Gasteiger partial charge in [0.2, 0.25) is 0 Å². The van der Waals surface area contributed by atoms with Crippen LogP contribution in [0.15, 0.2) is 17.5 Å². The highest BCUT2D eigenvalue weighted by Gasteiger charge is 2.29. The molecule has 0 saturated heterocycles. The quantitative estimate of drug-likeness (QED) is 0.746. The summed E-state index contributed by atoms with van der Waals surface area (Å²) in [6.07, 6.45) is 6.78. The van der Waals surface area contributed by atoms with Gasteiger partial charge in [-0.2, -0.15) is 0 Å². The van der Waals surface area contributed by atoms with Crippen LogP contribution in [0.4, 0.5) is 0 Å². The Morgan fingerprint density at radius 3 is 3.00 bits per heavy atom. The van der Waals surface area contributed by atoms with Crippen molar-refractivity contribution >= 4 is 11.3 Å². The number of nitrogens with one attached hydrogen (secondary N) is 1. The molecule has 1 nitrogen and oxygen atoms in total. The Labute approximate surface area is 96.9 Å². The Morgan fingerprint density at radius 2 is 2.40 bits per heavy atom. The van der Waals surface area contributed by atoms with Crippen LogP contribution in [0, 0.1) is 5.92 Å². The van der Waals surface area contributed by atoms with E-state index >= 15 is 0 Å². The van der Waals surface area contributed by atoms with Crippen LogP contribution in [0.25, 0.3) is 0 Å². The van der Waals surface area contributed by atoms with Crippen molar-refractivity contribution in [1.29, 1.82) is 0 Å². The zero-order valence-electron chi connectivity index (χ0n) is 9.54. The number of hydrogen-bond donors (Lipinski definition) is 1. The zero-order chi connectivity index (χ0) is 10.5. The fourth-order valence-electron chi connectivity index (χ4n) is 2.15. The van der Waals surface area contributed by atoms with E-state index < -0.39 is 0 Å². The van der Waals surface area contributed by atoms with Crippen molar-refractivity contribution in [3.63, 3.8) is 0 Å². The van der Waals surface area contributed by atoms with E-state index in [0.717, 1.165) is 18.5 Å². The molecule has 84 valence electrons. The SMILES string of the molecule is CCCC(NCCc1cccs1)C1CC1. The van der Waals surface area contributed by atoms with Crippen LogP contribution in [0.2, 0.25) is 0 Å². The smallest absolute Gasteiger partial charge is 0.00953 e. The second-order valence-electron chi connectivity index (χ2n) is 4.52. The molecule has 1 atom stereocenters. The van der Waals surface area contributed by atoms with Crippen LogP contribution in [0.3, 0.4) is 0 Å². The lowest BCUT2D eigenvalue weighted by molar-refractivity contribution is 0.434. The van der Waals surface area contributed by atoms with E-state index in [1.165, 1.54) is 37.0 Å². The minimum Gasteiger partial charge on any atom is -0.313 e. The van der Waals surface area contributed by atoms with Gasteiger partial charge in [0.15, 0.2) is 0 Å². The van der Waals surface area contributed by atoms with E-state index in [1.807, 2.05) is 11.3 Å². The summed E-state index contributed by atoms with van der Waals surface area (Å²) in [4.78, 5) is 1.51. The van der Waals surface area contributed by atoms with Crippen LogP contribution in [-0.2, 0) is 6.42 Å². The van der Waals surface area contributed by atoms with Crippen molar-refractivity contribution in [3.8, 4) is 0 Å². The third kappa shape index (κ3) is 3.62. The molecule has 1 aliphatic rings. The van der Waals surface area contributed by atoms with Gasteiger partial charge in [-0.15, -0.1) is 11.3 Å². The summed E-state index contributed by atoms with van der Waals surface area (Å²) in [5, 5.41) is 5.89. The van der Waals surface area contributed by atoms with Crippen molar-refractivity contribution in [3.05, 3.63) is 22.4 Å². The van der Waals surface area contributed by atoms with Crippen LogP contribution >= 0.6 is 11.3 Å². The van der Waals surface area contributed by atoms with Crippen LogP contribution < -0.4 is 5.32 Å². The van der Waals surface area contributed by atoms with Gasteiger partial charge < -0.3 is 5.32 Å². The van der Waals surface area contributed by atoms with Crippen molar-refractivity contribution in [2.75, 3.05) is 6.54 Å². The number of thiophene rings is 1. The Balaban J connectivity index is 1.66. The van der Waals surface area contributed by atoms with Crippen molar-refractivity contribution < 1.29 is 0 Å². The van der Waals surface area contributed by atoms with Gasteiger partial charge in [-0.05, 0) is 43.0 Å². The molecule has 1 fully saturated rings. The summed E-state index contributed by atoms with van der Waals surface area (Å²) in [5.41, 5.74) is 0. The van der Waals surface area contributed by atoms with E-state index in [4.69, 9.17) is 0 Å². The zero-order valence-corrected chi connectivity index (χ0v) is 10.4. The molecule has 1 aromatic rings. The molecular formula is C13H21NS. The molecule has 1 aliphatic carbocycles. The third-order valence-corrected chi connectivity index (χ3v) is 4.08. The molecule has 15 heavy (non-hydrogen) atoms. The molecular weight excluding hydrogens is 202 g/mol. The Morgan fingerprint density at radius 1 is 1.53 bits per heavy atom. The molecule has 1 saturated carbocycles. The summed E-state index contributed by atoms with van der Waals surface area (Å²) in [6.45, 7) is 3.44. The predicted octanol–water partition coefficient (Wildman–Crippen LogP) is 3.46. The van der Waals surface area contributed by atoms with E-state index in [-0.39, 0.29) is 0 Å². The van der Waals surface area contributed by atoms with Gasteiger partial charge >= 0.3 is 0 Å².